The molecule has 1 aromatic rings. The van der Waals surface area contributed by atoms with Crippen LogP contribution in [0.2, 0.25) is 0 Å². The van der Waals surface area contributed by atoms with Crippen LogP contribution in [0.5, 0.6) is 0 Å². The van der Waals surface area contributed by atoms with Gasteiger partial charge in [0.2, 0.25) is 5.91 Å². The fraction of sp³-hybridized carbons (Fsp3) is 0.500. The number of nitrogens with zero attached hydrogens (tertiary/aromatic N) is 1. The average molecular weight is 293 g/mol. The van der Waals surface area contributed by atoms with Crippen molar-refractivity contribution in [2.45, 2.75) is 39.2 Å². The van der Waals surface area contributed by atoms with Crippen molar-refractivity contribution < 1.29 is 18.7 Å². The Morgan fingerprint density at radius 1 is 1.33 bits per heavy atom. The van der Waals surface area contributed by atoms with Crippen LogP contribution >= 0.6 is 0 Å². The summed E-state index contributed by atoms with van der Waals surface area (Å²) >= 11 is 0. The van der Waals surface area contributed by atoms with Gasteiger partial charge in [-0.2, -0.15) is 0 Å². The molecule has 1 saturated heterocycles. The third kappa shape index (κ3) is 4.03. The molecule has 5 heteroatoms. The zero-order valence-corrected chi connectivity index (χ0v) is 12.6. The average Bonchev–Trinajstić information content (AvgIpc) is 2.72. The van der Waals surface area contributed by atoms with E-state index in [1.807, 2.05) is 0 Å². The number of amides is 2. The van der Waals surface area contributed by atoms with Crippen LogP contribution in [0.3, 0.4) is 0 Å². The lowest BCUT2D eigenvalue weighted by Crippen LogP contribution is -2.38. The topological polar surface area (TPSA) is 46.6 Å². The van der Waals surface area contributed by atoms with E-state index in [1.54, 1.807) is 32.9 Å². The lowest BCUT2D eigenvalue weighted by atomic mass is 9.98. The summed E-state index contributed by atoms with van der Waals surface area (Å²) in [6.45, 7) is 5.67. The van der Waals surface area contributed by atoms with Crippen LogP contribution in [0.1, 0.15) is 32.8 Å². The Labute approximate surface area is 123 Å². The minimum absolute atomic E-state index is 0.214. The van der Waals surface area contributed by atoms with Crippen LogP contribution in [0.25, 0.3) is 0 Å². The first kappa shape index (κ1) is 15.5. The maximum absolute atomic E-state index is 12.9. The number of carbonyl (C=O) groups is 2. The molecule has 4 nitrogen and oxygen atoms in total. The van der Waals surface area contributed by atoms with Crippen molar-refractivity contribution in [1.82, 2.24) is 4.90 Å². The van der Waals surface area contributed by atoms with E-state index < -0.39 is 11.7 Å². The predicted molar refractivity (Wildman–Crippen MR) is 76.2 cm³/mol. The summed E-state index contributed by atoms with van der Waals surface area (Å²) in [4.78, 5) is 25.4. The van der Waals surface area contributed by atoms with Gasteiger partial charge in [-0.1, -0.05) is 12.1 Å². The second-order valence-corrected chi connectivity index (χ2v) is 6.29. The molecule has 1 unspecified atom stereocenters. The SMILES string of the molecule is CC(C)(C)OC(=O)N1CCC(Cc2ccc(F)cc2)C1=O. The van der Waals surface area contributed by atoms with E-state index in [4.69, 9.17) is 4.74 Å². The molecule has 0 radical (unpaired) electrons. The summed E-state index contributed by atoms with van der Waals surface area (Å²) in [5.41, 5.74) is 0.271. The number of rotatable bonds is 2. The molecule has 1 aliphatic rings. The van der Waals surface area contributed by atoms with Gasteiger partial charge in [0.05, 0.1) is 0 Å². The molecular weight excluding hydrogens is 273 g/mol. The molecule has 2 rings (SSSR count). The molecule has 1 heterocycles. The molecule has 1 aliphatic heterocycles. The van der Waals surface area contributed by atoms with Gasteiger partial charge in [-0.3, -0.25) is 4.79 Å². The molecule has 0 aliphatic carbocycles. The van der Waals surface area contributed by atoms with E-state index in [2.05, 4.69) is 0 Å². The molecule has 1 atom stereocenters. The summed E-state index contributed by atoms with van der Waals surface area (Å²) in [6.07, 6.45) is 0.530. The summed E-state index contributed by atoms with van der Waals surface area (Å²) in [7, 11) is 0. The van der Waals surface area contributed by atoms with Crippen LogP contribution in [0, 0.1) is 11.7 Å². The van der Waals surface area contributed by atoms with Gasteiger partial charge in [0.1, 0.15) is 11.4 Å². The van der Waals surface area contributed by atoms with Crippen molar-refractivity contribution >= 4 is 12.0 Å². The lowest BCUT2D eigenvalue weighted by Gasteiger charge is -2.23. The van der Waals surface area contributed by atoms with E-state index in [0.717, 1.165) is 5.56 Å². The van der Waals surface area contributed by atoms with Gasteiger partial charge in [0.15, 0.2) is 0 Å². The Hall–Kier alpha value is -1.91. The van der Waals surface area contributed by atoms with Crippen molar-refractivity contribution in [3.05, 3.63) is 35.6 Å². The number of hydrogen-bond acceptors (Lipinski definition) is 3. The van der Waals surface area contributed by atoms with Crippen LogP contribution in [-0.2, 0) is 16.0 Å². The van der Waals surface area contributed by atoms with Crippen molar-refractivity contribution in [3.63, 3.8) is 0 Å². The van der Waals surface area contributed by atoms with Crippen LogP contribution in [-0.4, -0.2) is 29.0 Å². The van der Waals surface area contributed by atoms with Crippen LogP contribution in [0.4, 0.5) is 9.18 Å². The molecule has 1 fully saturated rings. The molecular formula is C16H20FNO3. The van der Waals surface area contributed by atoms with E-state index in [9.17, 15) is 14.0 Å². The van der Waals surface area contributed by atoms with E-state index in [0.29, 0.717) is 19.4 Å². The van der Waals surface area contributed by atoms with Gasteiger partial charge in [-0.15, -0.1) is 0 Å². The third-order valence-corrected chi connectivity index (χ3v) is 3.33. The van der Waals surface area contributed by atoms with Gasteiger partial charge < -0.3 is 4.74 Å². The van der Waals surface area contributed by atoms with Gasteiger partial charge in [0, 0.05) is 12.5 Å². The van der Waals surface area contributed by atoms with Gasteiger partial charge in [-0.25, -0.2) is 14.1 Å². The Bertz CT molecular complexity index is 533. The molecule has 0 spiro atoms. The van der Waals surface area contributed by atoms with E-state index in [-0.39, 0.29) is 17.6 Å². The molecule has 2 amide bonds. The number of imide groups is 1. The fourth-order valence-electron chi connectivity index (χ4n) is 2.33. The molecule has 21 heavy (non-hydrogen) atoms. The van der Waals surface area contributed by atoms with Crippen molar-refractivity contribution in [3.8, 4) is 0 Å². The molecule has 0 N–H and O–H groups in total. The number of hydrogen-bond donors (Lipinski definition) is 0. The molecule has 0 saturated carbocycles. The monoisotopic (exact) mass is 293 g/mol. The fourth-order valence-corrected chi connectivity index (χ4v) is 2.33. The highest BCUT2D eigenvalue weighted by atomic mass is 19.1. The quantitative estimate of drug-likeness (QED) is 0.841. The maximum Gasteiger partial charge on any atom is 0.417 e. The normalized spacial score (nSPS) is 19.0. The summed E-state index contributed by atoms with van der Waals surface area (Å²) in [5, 5.41) is 0. The Kier molecular flexibility index (Phi) is 4.30. The minimum atomic E-state index is -0.619. The number of ether oxygens (including phenoxy) is 1. The molecule has 0 bridgehead atoms. The van der Waals surface area contributed by atoms with Crippen molar-refractivity contribution in [2.24, 2.45) is 5.92 Å². The summed E-state index contributed by atoms with van der Waals surface area (Å²) in [6, 6.07) is 6.08. The number of benzene rings is 1. The highest BCUT2D eigenvalue weighted by Gasteiger charge is 2.37. The second kappa shape index (κ2) is 5.84. The van der Waals surface area contributed by atoms with Gasteiger partial charge in [-0.05, 0) is 51.3 Å². The first-order valence-corrected chi connectivity index (χ1v) is 7.05. The molecule has 1 aromatic carbocycles. The standard InChI is InChI=1S/C16H20FNO3/c1-16(2,3)21-15(20)18-9-8-12(14(18)19)10-11-4-6-13(17)7-5-11/h4-7,12H,8-10H2,1-3H3. The zero-order valence-electron chi connectivity index (χ0n) is 12.6. The second-order valence-electron chi connectivity index (χ2n) is 6.29. The lowest BCUT2D eigenvalue weighted by molar-refractivity contribution is -0.130. The Morgan fingerprint density at radius 3 is 2.52 bits per heavy atom. The first-order valence-electron chi connectivity index (χ1n) is 7.05. The smallest absolute Gasteiger partial charge is 0.417 e. The van der Waals surface area contributed by atoms with Crippen molar-refractivity contribution in [1.29, 1.82) is 0 Å². The summed E-state index contributed by atoms with van der Waals surface area (Å²) in [5.74, 6) is -0.761. The largest absolute Gasteiger partial charge is 0.443 e. The van der Waals surface area contributed by atoms with Gasteiger partial charge in [0.25, 0.3) is 0 Å². The van der Waals surface area contributed by atoms with Gasteiger partial charge >= 0.3 is 6.09 Å². The number of likely N-dealkylation sites (tertiary alicyclic amines) is 1. The maximum atomic E-state index is 12.9. The molecule has 0 aromatic heterocycles. The Balaban J connectivity index is 1.98. The van der Waals surface area contributed by atoms with E-state index >= 15 is 0 Å². The highest BCUT2D eigenvalue weighted by Crippen LogP contribution is 2.24. The predicted octanol–water partition coefficient (Wildman–Crippen LogP) is 3.15. The third-order valence-electron chi connectivity index (χ3n) is 3.33. The minimum Gasteiger partial charge on any atom is -0.443 e. The summed E-state index contributed by atoms with van der Waals surface area (Å²) < 4.78 is 18.1. The first-order chi connectivity index (χ1) is 9.76. The Morgan fingerprint density at radius 2 is 1.95 bits per heavy atom. The number of halogens is 1. The van der Waals surface area contributed by atoms with Crippen LogP contribution < -0.4 is 0 Å². The van der Waals surface area contributed by atoms with E-state index in [1.165, 1.54) is 17.0 Å². The van der Waals surface area contributed by atoms with Crippen LogP contribution in [0.15, 0.2) is 24.3 Å². The highest BCUT2D eigenvalue weighted by molar-refractivity contribution is 5.95. The number of carbonyl (C=O) groups excluding carboxylic acids is 2. The zero-order chi connectivity index (χ0) is 15.6. The molecule has 114 valence electrons. The van der Waals surface area contributed by atoms with Crippen molar-refractivity contribution in [2.75, 3.05) is 6.54 Å².